The zero-order valence-corrected chi connectivity index (χ0v) is 15.7. The summed E-state index contributed by atoms with van der Waals surface area (Å²) in [5, 5.41) is -0.0576. The Bertz CT molecular complexity index is 830. The van der Waals surface area contributed by atoms with Crippen molar-refractivity contribution < 1.29 is 32.2 Å². The molecule has 0 N–H and O–H groups in total. The second-order valence-electron chi connectivity index (χ2n) is 5.47. The van der Waals surface area contributed by atoms with Gasteiger partial charge in [-0.1, -0.05) is 24.3 Å². The molecule has 2 aromatic rings. The lowest BCUT2D eigenvalue weighted by atomic mass is 10.0. The van der Waals surface area contributed by atoms with Gasteiger partial charge in [0.2, 0.25) is 5.88 Å². The third-order valence-electron chi connectivity index (χ3n) is 3.46. The Labute approximate surface area is 158 Å². The molecule has 0 aliphatic heterocycles. The van der Waals surface area contributed by atoms with Crippen molar-refractivity contribution >= 4 is 22.9 Å². The fourth-order valence-electron chi connectivity index (χ4n) is 2.32. The molecule has 0 spiro atoms. The molecule has 0 saturated carbocycles. The average Bonchev–Trinajstić information content (AvgIpc) is 2.95. The topological polar surface area (TPSA) is 57.7 Å². The predicted octanol–water partition coefficient (Wildman–Crippen LogP) is 4.30. The Balaban J connectivity index is 2.22. The van der Waals surface area contributed by atoms with E-state index in [0.717, 1.165) is 11.3 Å². The van der Waals surface area contributed by atoms with E-state index in [2.05, 4.69) is 4.98 Å². The van der Waals surface area contributed by atoms with Gasteiger partial charge in [0.1, 0.15) is 17.2 Å². The van der Waals surface area contributed by atoms with Crippen molar-refractivity contribution in [2.24, 2.45) is 0 Å². The number of ether oxygens (including phenoxy) is 3. The summed E-state index contributed by atoms with van der Waals surface area (Å²) in [6.07, 6.45) is -4.16. The van der Waals surface area contributed by atoms with E-state index in [1.807, 2.05) is 0 Å². The van der Waals surface area contributed by atoms with Crippen LogP contribution in [-0.4, -0.2) is 31.3 Å². The summed E-state index contributed by atoms with van der Waals surface area (Å²) in [7, 11) is 2.66. The Hall–Kier alpha value is -2.55. The number of esters is 1. The van der Waals surface area contributed by atoms with Gasteiger partial charge >= 0.3 is 12.1 Å². The number of hydrogen-bond acceptors (Lipinski definition) is 6. The van der Waals surface area contributed by atoms with E-state index in [-0.39, 0.29) is 23.1 Å². The van der Waals surface area contributed by atoms with Gasteiger partial charge in [0.05, 0.1) is 31.8 Å². The van der Waals surface area contributed by atoms with E-state index < -0.39 is 18.6 Å². The summed E-state index contributed by atoms with van der Waals surface area (Å²) in [6.45, 7) is 1.66. The van der Waals surface area contributed by atoms with Crippen LogP contribution in [0.2, 0.25) is 0 Å². The second kappa shape index (κ2) is 8.90. The van der Waals surface area contributed by atoms with Crippen LogP contribution in [0.15, 0.2) is 30.5 Å². The summed E-state index contributed by atoms with van der Waals surface area (Å²) < 4.78 is 52.9. The molecule has 1 aromatic carbocycles. The van der Waals surface area contributed by atoms with Gasteiger partial charge in [0, 0.05) is 0 Å². The van der Waals surface area contributed by atoms with Crippen LogP contribution in [0.3, 0.4) is 0 Å². The summed E-state index contributed by atoms with van der Waals surface area (Å²) in [4.78, 5) is 16.5. The van der Waals surface area contributed by atoms with E-state index >= 15 is 0 Å². The van der Waals surface area contributed by atoms with Crippen LogP contribution >= 0.6 is 11.3 Å². The molecule has 146 valence electrons. The van der Waals surface area contributed by atoms with Gasteiger partial charge < -0.3 is 14.2 Å². The van der Waals surface area contributed by atoms with Gasteiger partial charge in [-0.25, -0.2) is 9.78 Å². The third kappa shape index (κ3) is 5.72. The van der Waals surface area contributed by atoms with Crippen LogP contribution < -0.4 is 4.74 Å². The van der Waals surface area contributed by atoms with Gasteiger partial charge in [0.15, 0.2) is 0 Å². The van der Waals surface area contributed by atoms with E-state index in [4.69, 9.17) is 14.2 Å². The highest BCUT2D eigenvalue weighted by Gasteiger charge is 2.30. The molecule has 0 unspecified atom stereocenters. The summed E-state index contributed by atoms with van der Waals surface area (Å²) in [6, 6.07) is 6.93. The van der Waals surface area contributed by atoms with Gasteiger partial charge in [-0.3, -0.25) is 0 Å². The van der Waals surface area contributed by atoms with Crippen molar-refractivity contribution in [3.63, 3.8) is 0 Å². The molecule has 0 atom stereocenters. The number of rotatable bonds is 7. The maximum absolute atomic E-state index is 12.5. The minimum Gasteiger partial charge on any atom is -0.503 e. The number of methoxy groups -OCH3 is 2. The number of halogens is 3. The molecular formula is C18H18F3NO4S. The van der Waals surface area contributed by atoms with Crippen molar-refractivity contribution in [3.05, 3.63) is 51.5 Å². The molecule has 9 heteroatoms. The number of thiazole rings is 1. The zero-order valence-electron chi connectivity index (χ0n) is 14.9. The first-order chi connectivity index (χ1) is 12.7. The molecule has 0 aliphatic rings. The summed E-state index contributed by atoms with van der Waals surface area (Å²) in [5.74, 6) is -0.439. The molecule has 0 radical (unpaired) electrons. The lowest BCUT2D eigenvalue weighted by Crippen LogP contribution is -2.11. The molecule has 0 aliphatic carbocycles. The van der Waals surface area contributed by atoms with E-state index in [9.17, 15) is 18.0 Å². The second-order valence-corrected chi connectivity index (χ2v) is 6.75. The Kier molecular flexibility index (Phi) is 6.84. The quantitative estimate of drug-likeness (QED) is 0.393. The van der Waals surface area contributed by atoms with Gasteiger partial charge in [-0.2, -0.15) is 13.2 Å². The lowest BCUT2D eigenvalue weighted by Gasteiger charge is -2.12. The van der Waals surface area contributed by atoms with Crippen molar-refractivity contribution in [3.8, 4) is 5.88 Å². The van der Waals surface area contributed by atoms with Crippen LogP contribution in [0.5, 0.6) is 5.88 Å². The molecule has 0 amide bonds. The van der Waals surface area contributed by atoms with E-state index in [1.165, 1.54) is 20.5 Å². The van der Waals surface area contributed by atoms with E-state index in [0.29, 0.717) is 16.0 Å². The Morgan fingerprint density at radius 2 is 1.96 bits per heavy atom. The van der Waals surface area contributed by atoms with Crippen LogP contribution in [0.1, 0.15) is 21.0 Å². The maximum Gasteiger partial charge on any atom is 0.395 e. The average molecular weight is 401 g/mol. The highest BCUT2D eigenvalue weighted by molar-refractivity contribution is 7.11. The highest BCUT2D eigenvalue weighted by atomic mass is 32.1. The molecular weight excluding hydrogens is 383 g/mol. The molecule has 2 rings (SSSR count). The fourth-order valence-corrected chi connectivity index (χ4v) is 3.23. The summed E-state index contributed by atoms with van der Waals surface area (Å²) >= 11 is 0.942. The number of alkyl halides is 3. The van der Waals surface area contributed by atoms with Crippen molar-refractivity contribution in [1.82, 2.24) is 4.98 Å². The van der Waals surface area contributed by atoms with Crippen LogP contribution in [0.4, 0.5) is 13.2 Å². The SMILES string of the molecule is CO/C=C(/C(=O)OC)c1ccccc1COc1nc(CC(F)(F)F)sc1C. The first-order valence-corrected chi connectivity index (χ1v) is 8.62. The number of nitrogens with zero attached hydrogens (tertiary/aromatic N) is 1. The Morgan fingerprint density at radius 1 is 1.26 bits per heavy atom. The van der Waals surface area contributed by atoms with Crippen LogP contribution in [-0.2, 0) is 27.3 Å². The van der Waals surface area contributed by atoms with Crippen molar-refractivity contribution in [2.45, 2.75) is 26.1 Å². The maximum atomic E-state index is 12.5. The van der Waals surface area contributed by atoms with Crippen LogP contribution in [0.25, 0.3) is 5.57 Å². The smallest absolute Gasteiger partial charge is 0.395 e. The molecule has 1 aromatic heterocycles. The first kappa shape index (κ1) is 20.8. The number of aromatic nitrogens is 1. The number of hydrogen-bond donors (Lipinski definition) is 0. The minimum atomic E-state index is -4.32. The van der Waals surface area contributed by atoms with Crippen LogP contribution in [0, 0.1) is 6.92 Å². The summed E-state index contributed by atoms with van der Waals surface area (Å²) in [5.41, 5.74) is 1.37. The highest BCUT2D eigenvalue weighted by Crippen LogP contribution is 2.30. The fraction of sp³-hybridized carbons (Fsp3) is 0.333. The molecule has 0 bridgehead atoms. The molecule has 5 nitrogen and oxygen atoms in total. The number of benzene rings is 1. The van der Waals surface area contributed by atoms with Gasteiger partial charge in [-0.15, -0.1) is 11.3 Å². The van der Waals surface area contributed by atoms with Gasteiger partial charge in [0.25, 0.3) is 0 Å². The Morgan fingerprint density at radius 3 is 2.59 bits per heavy atom. The van der Waals surface area contributed by atoms with Crippen molar-refractivity contribution in [1.29, 1.82) is 0 Å². The number of aryl methyl sites for hydroxylation is 1. The van der Waals surface area contributed by atoms with Gasteiger partial charge in [-0.05, 0) is 18.1 Å². The minimum absolute atomic E-state index is 0.0181. The lowest BCUT2D eigenvalue weighted by molar-refractivity contribution is -0.133. The predicted molar refractivity (Wildman–Crippen MR) is 94.4 cm³/mol. The number of carbonyl (C=O) groups excluding carboxylic acids is 1. The largest absolute Gasteiger partial charge is 0.503 e. The molecule has 1 heterocycles. The zero-order chi connectivity index (χ0) is 20.0. The van der Waals surface area contributed by atoms with Crippen molar-refractivity contribution in [2.75, 3.05) is 14.2 Å². The first-order valence-electron chi connectivity index (χ1n) is 7.80. The molecule has 27 heavy (non-hydrogen) atoms. The normalized spacial score (nSPS) is 12.0. The third-order valence-corrected chi connectivity index (χ3v) is 4.41. The number of carbonyl (C=O) groups is 1. The van der Waals surface area contributed by atoms with E-state index in [1.54, 1.807) is 31.2 Å². The molecule has 0 saturated heterocycles. The standard InChI is InChI=1S/C18H18F3NO4S/c1-11-16(22-15(27-11)8-18(19,20)21)26-9-12-6-4-5-7-13(12)14(10-24-2)17(23)25-3/h4-7,10H,8-9H2,1-3H3/b14-10+. The molecule has 0 fully saturated rings. The monoisotopic (exact) mass is 401 g/mol.